The lowest BCUT2D eigenvalue weighted by molar-refractivity contribution is 0.0596. The predicted molar refractivity (Wildman–Crippen MR) is 58.3 cm³/mol. The van der Waals surface area contributed by atoms with Crippen LogP contribution in [0.5, 0.6) is 5.75 Å². The summed E-state index contributed by atoms with van der Waals surface area (Å²) in [5.74, 6) is 0.274. The first-order valence-corrected chi connectivity index (χ1v) is 5.01. The van der Waals surface area contributed by atoms with Gasteiger partial charge >= 0.3 is 5.97 Å². The maximum atomic E-state index is 11.4. The van der Waals surface area contributed by atoms with Crippen LogP contribution < -0.4 is 4.74 Å². The summed E-state index contributed by atoms with van der Waals surface area (Å²) in [6.07, 6.45) is 0.912. The minimum atomic E-state index is -0.357. The molecule has 0 radical (unpaired) electrons. The molecule has 0 atom stereocenters. The number of benzene rings is 1. The fourth-order valence-electron chi connectivity index (χ4n) is 1.32. The highest BCUT2D eigenvalue weighted by molar-refractivity contribution is 5.92. The first-order chi connectivity index (χ1) is 7.20. The standard InChI is InChI=1S/C12H16O3/c1-4-8-15-11-9(2)6-5-7-10(11)12(13)14-3/h5-7H,4,8H2,1-3H3. The minimum Gasteiger partial charge on any atom is -0.492 e. The molecule has 0 unspecified atom stereocenters. The Morgan fingerprint density at radius 3 is 2.73 bits per heavy atom. The number of methoxy groups -OCH3 is 1. The van der Waals surface area contributed by atoms with E-state index in [9.17, 15) is 4.79 Å². The van der Waals surface area contributed by atoms with E-state index in [0.29, 0.717) is 17.9 Å². The van der Waals surface area contributed by atoms with Crippen LogP contribution in [0.25, 0.3) is 0 Å². The van der Waals surface area contributed by atoms with Crippen LogP contribution in [0.15, 0.2) is 18.2 Å². The van der Waals surface area contributed by atoms with Gasteiger partial charge in [-0.25, -0.2) is 4.79 Å². The van der Waals surface area contributed by atoms with Gasteiger partial charge in [0.25, 0.3) is 0 Å². The van der Waals surface area contributed by atoms with Gasteiger partial charge < -0.3 is 9.47 Å². The number of esters is 1. The fourth-order valence-corrected chi connectivity index (χ4v) is 1.32. The number of rotatable bonds is 4. The zero-order valence-corrected chi connectivity index (χ0v) is 9.37. The lowest BCUT2D eigenvalue weighted by Crippen LogP contribution is -2.07. The largest absolute Gasteiger partial charge is 0.492 e. The number of hydrogen-bond donors (Lipinski definition) is 0. The number of ether oxygens (including phenoxy) is 2. The molecule has 0 amide bonds. The van der Waals surface area contributed by atoms with Crippen LogP contribution in [0.3, 0.4) is 0 Å². The van der Waals surface area contributed by atoms with Gasteiger partial charge in [-0.3, -0.25) is 0 Å². The van der Waals surface area contributed by atoms with Gasteiger partial charge in [0.2, 0.25) is 0 Å². The van der Waals surface area contributed by atoms with Crippen LogP contribution in [0.1, 0.15) is 29.3 Å². The van der Waals surface area contributed by atoms with Crippen molar-refractivity contribution in [2.75, 3.05) is 13.7 Å². The Bertz CT molecular complexity index is 345. The van der Waals surface area contributed by atoms with Crippen molar-refractivity contribution in [2.45, 2.75) is 20.3 Å². The Labute approximate surface area is 90.0 Å². The first kappa shape index (κ1) is 11.6. The predicted octanol–water partition coefficient (Wildman–Crippen LogP) is 2.57. The van der Waals surface area contributed by atoms with Gasteiger partial charge in [-0.2, -0.15) is 0 Å². The van der Waals surface area contributed by atoms with Gasteiger partial charge in [-0.05, 0) is 25.0 Å². The topological polar surface area (TPSA) is 35.5 Å². The number of aryl methyl sites for hydroxylation is 1. The van der Waals surface area contributed by atoms with Crippen LogP contribution >= 0.6 is 0 Å². The van der Waals surface area contributed by atoms with Crippen molar-refractivity contribution < 1.29 is 14.3 Å². The zero-order chi connectivity index (χ0) is 11.3. The number of carbonyl (C=O) groups is 1. The molecule has 0 bridgehead atoms. The van der Waals surface area contributed by atoms with Gasteiger partial charge in [0, 0.05) is 0 Å². The van der Waals surface area contributed by atoms with E-state index in [4.69, 9.17) is 9.47 Å². The summed E-state index contributed by atoms with van der Waals surface area (Å²) >= 11 is 0. The summed E-state index contributed by atoms with van der Waals surface area (Å²) in [5.41, 5.74) is 1.44. The Balaban J connectivity index is 3.03. The fraction of sp³-hybridized carbons (Fsp3) is 0.417. The Morgan fingerprint density at radius 1 is 1.40 bits per heavy atom. The highest BCUT2D eigenvalue weighted by Crippen LogP contribution is 2.24. The molecule has 0 aromatic heterocycles. The average molecular weight is 208 g/mol. The monoisotopic (exact) mass is 208 g/mol. The quantitative estimate of drug-likeness (QED) is 0.713. The first-order valence-electron chi connectivity index (χ1n) is 5.01. The summed E-state index contributed by atoms with van der Waals surface area (Å²) in [5, 5.41) is 0. The Morgan fingerprint density at radius 2 is 2.13 bits per heavy atom. The summed E-state index contributed by atoms with van der Waals surface area (Å²) in [7, 11) is 1.37. The SMILES string of the molecule is CCCOc1c(C)cccc1C(=O)OC. The number of carbonyl (C=O) groups excluding carboxylic acids is 1. The Kier molecular flexibility index (Phi) is 4.16. The molecule has 15 heavy (non-hydrogen) atoms. The maximum absolute atomic E-state index is 11.4. The molecule has 0 aliphatic rings. The van der Waals surface area contributed by atoms with Crippen molar-refractivity contribution in [3.63, 3.8) is 0 Å². The molecule has 0 fully saturated rings. The van der Waals surface area contributed by atoms with Crippen molar-refractivity contribution in [3.05, 3.63) is 29.3 Å². The molecule has 0 aliphatic carbocycles. The normalized spacial score (nSPS) is 9.80. The van der Waals surface area contributed by atoms with Crippen molar-refractivity contribution in [2.24, 2.45) is 0 Å². The van der Waals surface area contributed by atoms with Gasteiger partial charge in [0.1, 0.15) is 11.3 Å². The van der Waals surface area contributed by atoms with Crippen LogP contribution in [-0.2, 0) is 4.74 Å². The molecule has 0 saturated carbocycles. The third-order valence-electron chi connectivity index (χ3n) is 2.07. The molecule has 3 heteroatoms. The zero-order valence-electron chi connectivity index (χ0n) is 9.37. The average Bonchev–Trinajstić information content (AvgIpc) is 2.26. The third kappa shape index (κ3) is 2.72. The molecule has 0 N–H and O–H groups in total. The maximum Gasteiger partial charge on any atom is 0.341 e. The number of para-hydroxylation sites is 1. The second kappa shape index (κ2) is 5.39. The van der Waals surface area contributed by atoms with E-state index in [1.807, 2.05) is 26.0 Å². The van der Waals surface area contributed by atoms with E-state index in [-0.39, 0.29) is 5.97 Å². The van der Waals surface area contributed by atoms with E-state index in [1.54, 1.807) is 6.07 Å². The number of hydrogen-bond acceptors (Lipinski definition) is 3. The van der Waals surface area contributed by atoms with Gasteiger partial charge in [0.15, 0.2) is 0 Å². The molecule has 1 rings (SSSR count). The molecular formula is C12H16O3. The summed E-state index contributed by atoms with van der Waals surface area (Å²) in [6, 6.07) is 5.45. The van der Waals surface area contributed by atoms with Crippen LogP contribution in [-0.4, -0.2) is 19.7 Å². The van der Waals surface area contributed by atoms with Crippen LogP contribution in [0.2, 0.25) is 0 Å². The molecule has 0 heterocycles. The summed E-state index contributed by atoms with van der Waals surface area (Å²) in [6.45, 7) is 4.54. The molecule has 0 spiro atoms. The van der Waals surface area contributed by atoms with E-state index in [1.165, 1.54) is 7.11 Å². The van der Waals surface area contributed by atoms with Gasteiger partial charge in [0.05, 0.1) is 13.7 Å². The molecule has 82 valence electrons. The molecule has 0 aliphatic heterocycles. The molecular weight excluding hydrogens is 192 g/mol. The van der Waals surface area contributed by atoms with Crippen LogP contribution in [0, 0.1) is 6.92 Å². The molecule has 1 aromatic rings. The Hall–Kier alpha value is -1.51. The van der Waals surface area contributed by atoms with Gasteiger partial charge in [-0.1, -0.05) is 19.1 Å². The van der Waals surface area contributed by atoms with Crippen molar-refractivity contribution in [1.29, 1.82) is 0 Å². The summed E-state index contributed by atoms with van der Waals surface area (Å²) < 4.78 is 10.2. The molecule has 0 saturated heterocycles. The van der Waals surface area contributed by atoms with Crippen molar-refractivity contribution in [1.82, 2.24) is 0 Å². The van der Waals surface area contributed by atoms with E-state index >= 15 is 0 Å². The highest BCUT2D eigenvalue weighted by atomic mass is 16.5. The van der Waals surface area contributed by atoms with Crippen LogP contribution in [0.4, 0.5) is 0 Å². The van der Waals surface area contributed by atoms with E-state index in [0.717, 1.165) is 12.0 Å². The van der Waals surface area contributed by atoms with E-state index < -0.39 is 0 Å². The second-order valence-electron chi connectivity index (χ2n) is 3.29. The van der Waals surface area contributed by atoms with Gasteiger partial charge in [-0.15, -0.1) is 0 Å². The minimum absolute atomic E-state index is 0.357. The van der Waals surface area contributed by atoms with Crippen molar-refractivity contribution >= 4 is 5.97 Å². The van der Waals surface area contributed by atoms with Crippen molar-refractivity contribution in [3.8, 4) is 5.75 Å². The summed E-state index contributed by atoms with van der Waals surface area (Å²) in [4.78, 5) is 11.4. The van der Waals surface area contributed by atoms with E-state index in [2.05, 4.69) is 0 Å². The second-order valence-corrected chi connectivity index (χ2v) is 3.29. The lowest BCUT2D eigenvalue weighted by Gasteiger charge is -2.11. The third-order valence-corrected chi connectivity index (χ3v) is 2.07. The highest BCUT2D eigenvalue weighted by Gasteiger charge is 2.14. The lowest BCUT2D eigenvalue weighted by atomic mass is 10.1. The molecule has 1 aromatic carbocycles. The smallest absolute Gasteiger partial charge is 0.341 e. The molecule has 3 nitrogen and oxygen atoms in total.